The lowest BCUT2D eigenvalue weighted by molar-refractivity contribution is -0.123. The quantitative estimate of drug-likeness (QED) is 0.447. The van der Waals surface area contributed by atoms with Crippen LogP contribution in [0.5, 0.6) is 0 Å². The van der Waals surface area contributed by atoms with Gasteiger partial charge in [0, 0.05) is 11.9 Å². The minimum Gasteiger partial charge on any atom is -0.325 e. The van der Waals surface area contributed by atoms with E-state index in [-0.39, 0.29) is 0 Å². The molecule has 4 nitrogen and oxygen atoms in total. The van der Waals surface area contributed by atoms with E-state index in [0.717, 1.165) is 4.31 Å². The summed E-state index contributed by atoms with van der Waals surface area (Å²) in [5.74, 6) is -0.415. The SMILES string of the molecule is CC1NC(=O)N(SC(Cl)(Cl)Cl)C1=O. The Morgan fingerprint density at radius 3 is 2.31 bits per heavy atom. The van der Waals surface area contributed by atoms with Crippen LogP contribution >= 0.6 is 46.8 Å². The second-order valence-corrected chi connectivity index (χ2v) is 6.45. The van der Waals surface area contributed by atoms with Gasteiger partial charge < -0.3 is 5.32 Å². The molecule has 0 bridgehead atoms. The van der Waals surface area contributed by atoms with Gasteiger partial charge in [-0.2, -0.15) is 4.31 Å². The van der Waals surface area contributed by atoms with Gasteiger partial charge in [0.1, 0.15) is 6.04 Å². The number of carbonyl (C=O) groups excluding carboxylic acids is 2. The van der Waals surface area contributed by atoms with Crippen LogP contribution in [0.1, 0.15) is 6.92 Å². The Morgan fingerprint density at radius 1 is 1.46 bits per heavy atom. The summed E-state index contributed by atoms with van der Waals surface area (Å²) >= 11 is 16.8. The van der Waals surface area contributed by atoms with Crippen molar-refractivity contribution in [3.63, 3.8) is 0 Å². The minimum atomic E-state index is -1.71. The maximum atomic E-state index is 11.2. The second kappa shape index (κ2) is 3.73. The topological polar surface area (TPSA) is 49.4 Å². The average molecular weight is 264 g/mol. The monoisotopic (exact) mass is 262 g/mol. The Labute approximate surface area is 94.0 Å². The number of nitrogens with zero attached hydrogens (tertiary/aromatic N) is 1. The van der Waals surface area contributed by atoms with Crippen LogP contribution in [0, 0.1) is 0 Å². The molecule has 0 saturated carbocycles. The zero-order valence-electron chi connectivity index (χ0n) is 6.38. The Kier molecular flexibility index (Phi) is 3.22. The first-order valence-corrected chi connectivity index (χ1v) is 5.12. The van der Waals surface area contributed by atoms with E-state index in [1.807, 2.05) is 0 Å². The molecule has 1 unspecified atom stereocenters. The summed E-state index contributed by atoms with van der Waals surface area (Å²) in [7, 11) is 0. The minimum absolute atomic E-state index is 0.415. The van der Waals surface area contributed by atoms with Gasteiger partial charge in [0.05, 0.1) is 0 Å². The normalized spacial score (nSPS) is 23.7. The van der Waals surface area contributed by atoms with Crippen molar-refractivity contribution in [3.8, 4) is 0 Å². The molecular weight excluding hydrogens is 258 g/mol. The Hall–Kier alpha value is 0.160. The second-order valence-electron chi connectivity index (χ2n) is 2.34. The van der Waals surface area contributed by atoms with Gasteiger partial charge in [-0.3, -0.25) is 4.79 Å². The van der Waals surface area contributed by atoms with Crippen LogP contribution in [0.3, 0.4) is 0 Å². The summed E-state index contributed by atoms with van der Waals surface area (Å²) < 4.78 is -0.908. The van der Waals surface area contributed by atoms with E-state index in [1.54, 1.807) is 6.92 Å². The summed E-state index contributed by atoms with van der Waals surface area (Å²) in [5, 5.41) is 2.38. The fourth-order valence-corrected chi connectivity index (χ4v) is 1.98. The number of hydrogen-bond donors (Lipinski definition) is 1. The van der Waals surface area contributed by atoms with Crippen LogP contribution in [0.25, 0.3) is 0 Å². The van der Waals surface area contributed by atoms with Crippen molar-refractivity contribution < 1.29 is 9.59 Å². The summed E-state index contributed by atoms with van der Waals surface area (Å²) in [6.07, 6.45) is 0. The lowest BCUT2D eigenvalue weighted by Crippen LogP contribution is -2.26. The van der Waals surface area contributed by atoms with Crippen molar-refractivity contribution in [2.75, 3.05) is 0 Å². The molecule has 1 N–H and O–H groups in total. The third-order valence-corrected chi connectivity index (χ3v) is 2.65. The molecule has 1 fully saturated rings. The molecular formula is C5H5Cl3N2O2S. The standard InChI is InChI=1S/C5H5Cl3N2O2S/c1-2-3(11)10(4(12)9-2)13-5(6,7)8/h2H,1H3,(H,9,12). The number of nitrogens with one attached hydrogen (secondary N) is 1. The molecule has 13 heavy (non-hydrogen) atoms. The van der Waals surface area contributed by atoms with Gasteiger partial charge in [-0.05, 0) is 6.92 Å². The predicted molar refractivity (Wildman–Crippen MR) is 52.7 cm³/mol. The first-order valence-electron chi connectivity index (χ1n) is 3.21. The number of carbonyl (C=O) groups is 2. The van der Waals surface area contributed by atoms with Crippen molar-refractivity contribution in [2.24, 2.45) is 0 Å². The van der Waals surface area contributed by atoms with Crippen molar-refractivity contribution in [2.45, 2.75) is 16.1 Å². The first-order chi connectivity index (χ1) is 5.81. The highest BCUT2D eigenvalue weighted by molar-refractivity contribution is 8.03. The van der Waals surface area contributed by atoms with E-state index in [9.17, 15) is 9.59 Å². The molecule has 8 heteroatoms. The summed E-state index contributed by atoms with van der Waals surface area (Å²) in [5.41, 5.74) is 0. The Morgan fingerprint density at radius 2 is 2.00 bits per heavy atom. The van der Waals surface area contributed by atoms with Gasteiger partial charge in [-0.15, -0.1) is 0 Å². The third-order valence-electron chi connectivity index (χ3n) is 1.29. The molecule has 0 spiro atoms. The van der Waals surface area contributed by atoms with Crippen LogP contribution in [0.2, 0.25) is 0 Å². The third kappa shape index (κ3) is 2.80. The molecule has 0 radical (unpaired) electrons. The lowest BCUT2D eigenvalue weighted by Gasteiger charge is -2.16. The number of amides is 3. The van der Waals surface area contributed by atoms with E-state index >= 15 is 0 Å². The van der Waals surface area contributed by atoms with Crippen LogP contribution in [-0.4, -0.2) is 25.4 Å². The maximum absolute atomic E-state index is 11.2. The molecule has 74 valence electrons. The van der Waals surface area contributed by atoms with Crippen LogP contribution in [0.15, 0.2) is 0 Å². The van der Waals surface area contributed by atoms with Gasteiger partial charge in [0.25, 0.3) is 9.03 Å². The first kappa shape index (κ1) is 11.2. The zero-order valence-corrected chi connectivity index (χ0v) is 9.47. The van der Waals surface area contributed by atoms with Crippen molar-refractivity contribution in [1.29, 1.82) is 0 Å². The molecule has 1 heterocycles. The number of urea groups is 1. The van der Waals surface area contributed by atoms with E-state index < -0.39 is 21.1 Å². The smallest absolute Gasteiger partial charge is 0.325 e. The molecule has 0 aromatic carbocycles. The molecule has 1 saturated heterocycles. The highest BCUT2D eigenvalue weighted by atomic mass is 35.6. The fourth-order valence-electron chi connectivity index (χ4n) is 0.771. The summed E-state index contributed by atoms with van der Waals surface area (Å²) in [6.45, 7) is 1.55. The molecule has 1 aliphatic heterocycles. The Balaban J connectivity index is 2.70. The highest BCUT2D eigenvalue weighted by Crippen LogP contribution is 2.41. The zero-order chi connectivity index (χ0) is 10.2. The largest absolute Gasteiger partial charge is 0.335 e. The molecule has 1 aliphatic rings. The van der Waals surface area contributed by atoms with E-state index in [2.05, 4.69) is 5.32 Å². The number of rotatable bonds is 1. The van der Waals surface area contributed by atoms with Crippen molar-refractivity contribution in [1.82, 2.24) is 9.62 Å². The van der Waals surface area contributed by atoms with Gasteiger partial charge in [-0.25, -0.2) is 4.79 Å². The molecule has 1 rings (SSSR count). The van der Waals surface area contributed by atoms with Gasteiger partial charge in [0.15, 0.2) is 0 Å². The summed E-state index contributed by atoms with van der Waals surface area (Å²) in [6, 6.07) is -1.12. The summed E-state index contributed by atoms with van der Waals surface area (Å²) in [4.78, 5) is 22.3. The van der Waals surface area contributed by atoms with Crippen molar-refractivity contribution >= 4 is 58.7 Å². The van der Waals surface area contributed by atoms with Crippen LogP contribution in [-0.2, 0) is 4.79 Å². The predicted octanol–water partition coefficient (Wildman–Crippen LogP) is 1.90. The fraction of sp³-hybridized carbons (Fsp3) is 0.600. The lowest BCUT2D eigenvalue weighted by atomic mass is 10.4. The maximum Gasteiger partial charge on any atom is 0.335 e. The van der Waals surface area contributed by atoms with E-state index in [4.69, 9.17) is 34.8 Å². The number of hydrogen-bond acceptors (Lipinski definition) is 3. The molecule has 1 atom stereocenters. The average Bonchev–Trinajstić information content (AvgIpc) is 2.14. The van der Waals surface area contributed by atoms with Crippen LogP contribution < -0.4 is 5.32 Å². The van der Waals surface area contributed by atoms with E-state index in [1.165, 1.54) is 0 Å². The number of imide groups is 1. The van der Waals surface area contributed by atoms with E-state index in [0.29, 0.717) is 11.9 Å². The van der Waals surface area contributed by atoms with Crippen LogP contribution in [0.4, 0.5) is 4.79 Å². The van der Waals surface area contributed by atoms with Gasteiger partial charge in [-0.1, -0.05) is 34.8 Å². The van der Waals surface area contributed by atoms with Gasteiger partial charge in [0.2, 0.25) is 0 Å². The number of halogens is 3. The molecule has 3 amide bonds. The molecule has 0 aromatic rings. The molecule has 0 aliphatic carbocycles. The Bertz CT molecular complexity index is 255. The molecule has 0 aromatic heterocycles. The van der Waals surface area contributed by atoms with Crippen molar-refractivity contribution in [3.05, 3.63) is 0 Å². The van der Waals surface area contributed by atoms with Gasteiger partial charge >= 0.3 is 6.03 Å². The number of alkyl halides is 3. The highest BCUT2D eigenvalue weighted by Gasteiger charge is 2.40.